The van der Waals surface area contributed by atoms with Gasteiger partial charge in [0.2, 0.25) is 0 Å². The van der Waals surface area contributed by atoms with Crippen molar-refractivity contribution in [3.05, 3.63) is 29.5 Å². The Balaban J connectivity index is 2.27. The maximum Gasteiger partial charge on any atom is 0.152 e. The number of carbonyl (C=O) groups is 1. The van der Waals surface area contributed by atoms with Crippen molar-refractivity contribution in [3.63, 3.8) is 0 Å². The molecule has 0 saturated heterocycles. The summed E-state index contributed by atoms with van der Waals surface area (Å²) in [5.74, 6) is 0.780. The fraction of sp³-hybridized carbons (Fsp3) is 0.286. The summed E-state index contributed by atoms with van der Waals surface area (Å²) in [4.78, 5) is 11.2. The minimum absolute atomic E-state index is 0.614. The molecule has 19 heavy (non-hydrogen) atoms. The molecule has 0 fully saturated rings. The first kappa shape index (κ1) is 11.9. The normalized spacial score (nSPS) is 15.3. The summed E-state index contributed by atoms with van der Waals surface area (Å²) in [5, 5.41) is 11.0. The molecule has 0 atom stereocenters. The summed E-state index contributed by atoms with van der Waals surface area (Å²) < 4.78 is 5.53. The van der Waals surface area contributed by atoms with Crippen LogP contribution >= 0.6 is 0 Å². The smallest absolute Gasteiger partial charge is 0.152 e. The van der Waals surface area contributed by atoms with Gasteiger partial charge in [-0.25, -0.2) is 0 Å². The first-order valence-corrected chi connectivity index (χ1v) is 6.24. The third-order valence-electron chi connectivity index (χ3n) is 3.46. The van der Waals surface area contributed by atoms with Crippen LogP contribution in [0.1, 0.15) is 22.3 Å². The zero-order chi connectivity index (χ0) is 13.2. The van der Waals surface area contributed by atoms with Crippen molar-refractivity contribution in [1.29, 1.82) is 0 Å². The van der Waals surface area contributed by atoms with Gasteiger partial charge in [-0.3, -0.25) is 9.89 Å². The van der Waals surface area contributed by atoms with E-state index in [0.717, 1.165) is 48.0 Å². The van der Waals surface area contributed by atoms with Crippen molar-refractivity contribution < 1.29 is 9.53 Å². The Bertz CT molecular complexity index is 658. The number of nitrogens with one attached hydrogen (secondary N) is 2. The maximum absolute atomic E-state index is 11.2. The number of nitrogens with zero attached hydrogens (tertiary/aromatic N) is 1. The van der Waals surface area contributed by atoms with Gasteiger partial charge in [0.15, 0.2) is 6.29 Å². The lowest BCUT2D eigenvalue weighted by molar-refractivity contribution is 0.112. The van der Waals surface area contributed by atoms with E-state index in [1.54, 1.807) is 13.3 Å². The second-order valence-electron chi connectivity index (χ2n) is 4.51. The van der Waals surface area contributed by atoms with Crippen LogP contribution in [0.3, 0.4) is 0 Å². The van der Waals surface area contributed by atoms with Gasteiger partial charge < -0.3 is 10.1 Å². The summed E-state index contributed by atoms with van der Waals surface area (Å²) >= 11 is 0. The van der Waals surface area contributed by atoms with Gasteiger partial charge in [0.05, 0.1) is 24.2 Å². The Hall–Kier alpha value is -2.14. The first-order chi connectivity index (χ1) is 9.35. The lowest BCUT2D eigenvalue weighted by atomic mass is 9.95. The number of benzene rings is 1. The van der Waals surface area contributed by atoms with Gasteiger partial charge in [0.1, 0.15) is 5.75 Å². The van der Waals surface area contributed by atoms with Gasteiger partial charge in [-0.15, -0.1) is 0 Å². The van der Waals surface area contributed by atoms with E-state index < -0.39 is 0 Å². The number of aromatic amines is 1. The van der Waals surface area contributed by atoms with Gasteiger partial charge in [-0.05, 0) is 24.6 Å². The molecule has 1 aliphatic heterocycles. The number of carbonyl (C=O) groups excluding carboxylic acids is 1. The minimum Gasteiger partial charge on any atom is -0.495 e. The third kappa shape index (κ3) is 1.92. The Kier molecular flexibility index (Phi) is 3.05. The number of rotatable bonds is 3. The highest BCUT2D eigenvalue weighted by atomic mass is 16.5. The highest BCUT2D eigenvalue weighted by Gasteiger charge is 2.17. The van der Waals surface area contributed by atoms with Gasteiger partial charge >= 0.3 is 0 Å². The van der Waals surface area contributed by atoms with E-state index in [2.05, 4.69) is 21.6 Å². The van der Waals surface area contributed by atoms with Crippen LogP contribution in [-0.2, 0) is 0 Å². The first-order valence-electron chi connectivity index (χ1n) is 6.24. The molecule has 2 N–H and O–H groups in total. The molecule has 0 bridgehead atoms. The van der Waals surface area contributed by atoms with E-state index in [1.165, 1.54) is 5.57 Å². The van der Waals surface area contributed by atoms with Crippen LogP contribution in [0.4, 0.5) is 0 Å². The second-order valence-corrected chi connectivity index (χ2v) is 4.51. The molecule has 0 saturated carbocycles. The van der Waals surface area contributed by atoms with Crippen LogP contribution in [0, 0.1) is 0 Å². The zero-order valence-corrected chi connectivity index (χ0v) is 10.7. The SMILES string of the molecule is COc1c(C2=CCNCC2)cc(C=O)c2[nH]ncc12. The summed E-state index contributed by atoms with van der Waals surface area (Å²) in [7, 11) is 1.65. The molecular weight excluding hydrogens is 242 g/mol. The van der Waals surface area contributed by atoms with E-state index in [9.17, 15) is 4.79 Å². The molecule has 5 nitrogen and oxygen atoms in total. The van der Waals surface area contributed by atoms with E-state index in [1.807, 2.05) is 6.07 Å². The van der Waals surface area contributed by atoms with E-state index in [-0.39, 0.29) is 0 Å². The van der Waals surface area contributed by atoms with Gasteiger partial charge in [0.25, 0.3) is 0 Å². The topological polar surface area (TPSA) is 67.0 Å². The number of methoxy groups -OCH3 is 1. The maximum atomic E-state index is 11.2. The standard InChI is InChI=1S/C14H15N3O2/c1-19-14-11(9-2-4-15-5-3-9)6-10(8-18)13-12(14)7-16-17-13/h2,6-8,15H,3-5H2,1H3,(H,16,17). The van der Waals surface area contributed by atoms with Crippen LogP contribution in [0.15, 0.2) is 18.3 Å². The minimum atomic E-state index is 0.614. The molecule has 3 rings (SSSR count). The fourth-order valence-corrected chi connectivity index (χ4v) is 2.54. The number of ether oxygens (including phenoxy) is 1. The molecule has 0 radical (unpaired) electrons. The fourth-order valence-electron chi connectivity index (χ4n) is 2.54. The van der Waals surface area contributed by atoms with Crippen molar-refractivity contribution in [1.82, 2.24) is 15.5 Å². The summed E-state index contributed by atoms with van der Waals surface area (Å²) in [6, 6.07) is 1.88. The highest BCUT2D eigenvalue weighted by molar-refractivity contribution is 6.01. The van der Waals surface area contributed by atoms with Crippen molar-refractivity contribution in [2.45, 2.75) is 6.42 Å². The van der Waals surface area contributed by atoms with Crippen molar-refractivity contribution in [2.75, 3.05) is 20.2 Å². The molecule has 2 aromatic rings. The lowest BCUT2D eigenvalue weighted by Crippen LogP contribution is -2.20. The molecule has 1 aromatic carbocycles. The van der Waals surface area contributed by atoms with Crippen molar-refractivity contribution in [3.8, 4) is 5.75 Å². The Labute approximate surface area is 110 Å². The van der Waals surface area contributed by atoms with Crippen LogP contribution in [0.5, 0.6) is 5.75 Å². The third-order valence-corrected chi connectivity index (χ3v) is 3.46. The molecule has 0 aliphatic carbocycles. The second kappa shape index (κ2) is 4.85. The number of fused-ring (bicyclic) bond motifs is 1. The van der Waals surface area contributed by atoms with Crippen molar-refractivity contribution in [2.24, 2.45) is 0 Å². The predicted molar refractivity (Wildman–Crippen MR) is 73.5 cm³/mol. The van der Waals surface area contributed by atoms with E-state index in [4.69, 9.17) is 4.74 Å². The Morgan fingerprint density at radius 2 is 2.37 bits per heavy atom. The average molecular weight is 257 g/mol. The molecule has 0 spiro atoms. The van der Waals surface area contributed by atoms with Gasteiger partial charge in [-0.2, -0.15) is 5.10 Å². The summed E-state index contributed by atoms with van der Waals surface area (Å²) in [6.07, 6.45) is 5.62. The summed E-state index contributed by atoms with van der Waals surface area (Å²) in [6.45, 7) is 1.78. The van der Waals surface area contributed by atoms with Crippen LogP contribution in [-0.4, -0.2) is 36.7 Å². The van der Waals surface area contributed by atoms with Gasteiger partial charge in [0, 0.05) is 17.7 Å². The zero-order valence-electron chi connectivity index (χ0n) is 10.7. The van der Waals surface area contributed by atoms with Crippen molar-refractivity contribution >= 4 is 22.8 Å². The summed E-state index contributed by atoms with van der Waals surface area (Å²) in [5.41, 5.74) is 3.54. The van der Waals surface area contributed by atoms with E-state index in [0.29, 0.717) is 5.56 Å². The largest absolute Gasteiger partial charge is 0.495 e. The molecule has 5 heteroatoms. The average Bonchev–Trinajstić information content (AvgIpc) is 2.95. The molecule has 0 amide bonds. The van der Waals surface area contributed by atoms with Crippen LogP contribution in [0.2, 0.25) is 0 Å². The van der Waals surface area contributed by atoms with Gasteiger partial charge in [-0.1, -0.05) is 6.08 Å². The Morgan fingerprint density at radius 3 is 3.05 bits per heavy atom. The number of hydrogen-bond acceptors (Lipinski definition) is 4. The number of hydrogen-bond donors (Lipinski definition) is 2. The van der Waals surface area contributed by atoms with E-state index >= 15 is 0 Å². The quantitative estimate of drug-likeness (QED) is 0.822. The molecular formula is C14H15N3O2. The predicted octanol–water partition coefficient (Wildman–Crippen LogP) is 1.76. The Morgan fingerprint density at radius 1 is 1.47 bits per heavy atom. The molecule has 0 unspecified atom stereocenters. The molecule has 2 heterocycles. The number of H-pyrrole nitrogens is 1. The lowest BCUT2D eigenvalue weighted by Gasteiger charge is -2.18. The monoisotopic (exact) mass is 257 g/mol. The van der Waals surface area contributed by atoms with Crippen LogP contribution < -0.4 is 10.1 Å². The molecule has 1 aliphatic rings. The molecule has 98 valence electrons. The molecule has 1 aromatic heterocycles. The highest BCUT2D eigenvalue weighted by Crippen LogP contribution is 2.36. The number of aromatic nitrogens is 2. The number of aldehydes is 1. The van der Waals surface area contributed by atoms with Crippen LogP contribution in [0.25, 0.3) is 16.5 Å².